The van der Waals surface area contributed by atoms with Crippen molar-refractivity contribution >= 4 is 5.78 Å². The topological polar surface area (TPSA) is 46.0 Å². The maximum Gasteiger partial charge on any atom is 0.244 e. The lowest BCUT2D eigenvalue weighted by atomic mass is 10.2. The van der Waals surface area contributed by atoms with Crippen molar-refractivity contribution < 1.29 is 9.21 Å². The summed E-state index contributed by atoms with van der Waals surface area (Å²) in [7, 11) is 0. The zero-order chi connectivity index (χ0) is 9.26. The van der Waals surface area contributed by atoms with Gasteiger partial charge in [-0.2, -0.15) is 0 Å². The first-order valence-corrected chi connectivity index (χ1v) is 4.02. The molecule has 0 saturated heterocycles. The minimum Gasteiger partial charge on any atom is -0.458 e. The Balaban J connectivity index is 2.33. The first kappa shape index (κ1) is 7.86. The normalized spacial score (nSPS) is 10.2. The molecule has 13 heavy (non-hydrogen) atoms. The minimum absolute atomic E-state index is 0.113. The molecule has 1 N–H and O–H groups in total. The van der Waals surface area contributed by atoms with Gasteiger partial charge in [0.25, 0.3) is 0 Å². The molecule has 0 aliphatic rings. The van der Waals surface area contributed by atoms with Gasteiger partial charge in [0.1, 0.15) is 5.76 Å². The fourth-order valence-electron chi connectivity index (χ4n) is 1.16. The van der Waals surface area contributed by atoms with Crippen LogP contribution in [0.1, 0.15) is 22.0 Å². The van der Waals surface area contributed by atoms with Crippen molar-refractivity contribution in [1.82, 2.24) is 4.98 Å². The second kappa shape index (κ2) is 2.94. The van der Waals surface area contributed by atoms with Crippen LogP contribution in [0.2, 0.25) is 0 Å². The van der Waals surface area contributed by atoms with Crippen LogP contribution in [0, 0.1) is 6.92 Å². The third-order valence-electron chi connectivity index (χ3n) is 1.81. The predicted octanol–water partition coefficient (Wildman–Crippen LogP) is 2.15. The van der Waals surface area contributed by atoms with Crippen molar-refractivity contribution in [3.63, 3.8) is 0 Å². The van der Waals surface area contributed by atoms with E-state index in [2.05, 4.69) is 4.98 Å². The molecule has 0 spiro atoms. The van der Waals surface area contributed by atoms with Crippen molar-refractivity contribution in [2.24, 2.45) is 0 Å². The van der Waals surface area contributed by atoms with Crippen LogP contribution in [-0.2, 0) is 0 Å². The van der Waals surface area contributed by atoms with Crippen molar-refractivity contribution in [3.05, 3.63) is 47.7 Å². The van der Waals surface area contributed by atoms with Gasteiger partial charge in [0.15, 0.2) is 5.76 Å². The summed E-state index contributed by atoms with van der Waals surface area (Å²) in [6.45, 7) is 1.81. The third-order valence-corrected chi connectivity index (χ3v) is 1.81. The van der Waals surface area contributed by atoms with Crippen LogP contribution in [0.15, 0.2) is 34.9 Å². The molecule has 0 fully saturated rings. The lowest BCUT2D eigenvalue weighted by Gasteiger charge is -1.91. The van der Waals surface area contributed by atoms with Crippen molar-refractivity contribution in [2.45, 2.75) is 6.92 Å². The highest BCUT2D eigenvalue weighted by molar-refractivity contribution is 6.05. The number of nitrogens with one attached hydrogen (secondary N) is 1. The number of hydrogen-bond acceptors (Lipinski definition) is 2. The van der Waals surface area contributed by atoms with E-state index in [4.69, 9.17) is 4.42 Å². The molecule has 2 aromatic rings. The Morgan fingerprint density at radius 2 is 2.23 bits per heavy atom. The number of aromatic nitrogens is 1. The Hall–Kier alpha value is -1.77. The summed E-state index contributed by atoms with van der Waals surface area (Å²) in [5.41, 5.74) is 0.550. The van der Waals surface area contributed by atoms with Crippen molar-refractivity contribution in [2.75, 3.05) is 0 Å². The number of carbonyl (C=O) groups is 1. The summed E-state index contributed by atoms with van der Waals surface area (Å²) in [6, 6.07) is 6.96. The zero-order valence-electron chi connectivity index (χ0n) is 7.20. The fraction of sp³-hybridized carbons (Fsp3) is 0.100. The largest absolute Gasteiger partial charge is 0.458 e. The molecule has 0 aliphatic heterocycles. The number of hydrogen-bond donors (Lipinski definition) is 1. The highest BCUT2D eigenvalue weighted by Gasteiger charge is 2.12. The van der Waals surface area contributed by atoms with Gasteiger partial charge in [-0.1, -0.05) is 0 Å². The number of furan rings is 1. The fourth-order valence-corrected chi connectivity index (χ4v) is 1.16. The van der Waals surface area contributed by atoms with E-state index in [9.17, 15) is 4.79 Å². The van der Waals surface area contributed by atoms with E-state index in [1.54, 1.807) is 30.5 Å². The molecule has 0 aromatic carbocycles. The van der Waals surface area contributed by atoms with Gasteiger partial charge in [0.05, 0.1) is 5.69 Å². The summed E-state index contributed by atoms with van der Waals surface area (Å²) in [5, 5.41) is 0. The van der Waals surface area contributed by atoms with E-state index in [1.165, 1.54) is 0 Å². The smallest absolute Gasteiger partial charge is 0.244 e. The van der Waals surface area contributed by atoms with Crippen LogP contribution < -0.4 is 0 Å². The summed E-state index contributed by atoms with van der Waals surface area (Å²) < 4.78 is 5.20. The summed E-state index contributed by atoms with van der Waals surface area (Å²) in [5.74, 6) is 1.01. The number of aryl methyl sites for hydroxylation is 1. The SMILES string of the molecule is Cc1ccc(C(=O)c2ccc[nH]2)o1. The van der Waals surface area contributed by atoms with Gasteiger partial charge < -0.3 is 9.40 Å². The van der Waals surface area contributed by atoms with Gasteiger partial charge >= 0.3 is 0 Å². The number of carbonyl (C=O) groups excluding carboxylic acids is 1. The minimum atomic E-state index is -0.113. The average Bonchev–Trinajstić information content (AvgIpc) is 2.72. The van der Waals surface area contributed by atoms with Gasteiger partial charge in [0, 0.05) is 6.20 Å². The number of H-pyrrole nitrogens is 1. The predicted molar refractivity (Wildman–Crippen MR) is 47.7 cm³/mol. The molecule has 66 valence electrons. The first-order chi connectivity index (χ1) is 6.27. The standard InChI is InChI=1S/C10H9NO2/c1-7-4-5-9(13-7)10(12)8-3-2-6-11-8/h2-6,11H,1H3. The van der Waals surface area contributed by atoms with E-state index in [-0.39, 0.29) is 5.78 Å². The van der Waals surface area contributed by atoms with Crippen LogP contribution in [-0.4, -0.2) is 10.8 Å². The summed E-state index contributed by atoms with van der Waals surface area (Å²) in [4.78, 5) is 14.4. The van der Waals surface area contributed by atoms with Crippen molar-refractivity contribution in [1.29, 1.82) is 0 Å². The molecule has 2 rings (SSSR count). The first-order valence-electron chi connectivity index (χ1n) is 4.02. The second-order valence-corrected chi connectivity index (χ2v) is 2.82. The average molecular weight is 175 g/mol. The Kier molecular flexibility index (Phi) is 1.77. The molecule has 3 heteroatoms. The molecule has 0 radical (unpaired) electrons. The van der Waals surface area contributed by atoms with Gasteiger partial charge in [-0.15, -0.1) is 0 Å². The Morgan fingerprint density at radius 1 is 1.38 bits per heavy atom. The molecule has 0 unspecified atom stereocenters. The molecule has 0 saturated carbocycles. The summed E-state index contributed by atoms with van der Waals surface area (Å²) in [6.07, 6.45) is 1.71. The quantitative estimate of drug-likeness (QED) is 0.711. The lowest BCUT2D eigenvalue weighted by Crippen LogP contribution is -1.99. The Bertz CT molecular complexity index is 412. The molecule has 2 aromatic heterocycles. The van der Waals surface area contributed by atoms with Gasteiger partial charge in [-0.25, -0.2) is 0 Å². The van der Waals surface area contributed by atoms with E-state index < -0.39 is 0 Å². The second-order valence-electron chi connectivity index (χ2n) is 2.82. The van der Waals surface area contributed by atoms with Gasteiger partial charge in [-0.05, 0) is 31.2 Å². The van der Waals surface area contributed by atoms with E-state index >= 15 is 0 Å². The van der Waals surface area contributed by atoms with Crippen LogP contribution in [0.5, 0.6) is 0 Å². The highest BCUT2D eigenvalue weighted by Crippen LogP contribution is 2.11. The third kappa shape index (κ3) is 1.40. The molecule has 3 nitrogen and oxygen atoms in total. The molecule has 0 aliphatic carbocycles. The molecular formula is C10H9NO2. The molecule has 2 heterocycles. The molecule has 0 atom stereocenters. The lowest BCUT2D eigenvalue weighted by molar-refractivity contribution is 0.100. The van der Waals surface area contributed by atoms with E-state index in [1.807, 2.05) is 6.92 Å². The van der Waals surface area contributed by atoms with Crippen LogP contribution >= 0.6 is 0 Å². The zero-order valence-corrected chi connectivity index (χ0v) is 7.20. The number of rotatable bonds is 2. The van der Waals surface area contributed by atoms with Gasteiger partial charge in [0.2, 0.25) is 5.78 Å². The molecule has 0 bridgehead atoms. The van der Waals surface area contributed by atoms with Crippen LogP contribution in [0.25, 0.3) is 0 Å². The van der Waals surface area contributed by atoms with Crippen molar-refractivity contribution in [3.8, 4) is 0 Å². The van der Waals surface area contributed by atoms with E-state index in [0.717, 1.165) is 5.76 Å². The molecular weight excluding hydrogens is 166 g/mol. The number of aromatic amines is 1. The maximum atomic E-state index is 11.6. The van der Waals surface area contributed by atoms with E-state index in [0.29, 0.717) is 11.5 Å². The maximum absolute atomic E-state index is 11.6. The van der Waals surface area contributed by atoms with Gasteiger partial charge in [-0.3, -0.25) is 4.79 Å². The Morgan fingerprint density at radius 3 is 2.77 bits per heavy atom. The monoisotopic (exact) mass is 175 g/mol. The summed E-state index contributed by atoms with van der Waals surface area (Å²) >= 11 is 0. The highest BCUT2D eigenvalue weighted by atomic mass is 16.3. The number of ketones is 1. The van der Waals surface area contributed by atoms with Crippen LogP contribution in [0.4, 0.5) is 0 Å². The van der Waals surface area contributed by atoms with Crippen LogP contribution in [0.3, 0.4) is 0 Å². The Labute approximate surface area is 75.4 Å². The molecule has 0 amide bonds.